The number of nitrogens with zero attached hydrogens (tertiary/aromatic N) is 4. The van der Waals surface area contributed by atoms with Gasteiger partial charge in [-0.1, -0.05) is 12.1 Å². The van der Waals surface area contributed by atoms with E-state index in [0.29, 0.717) is 6.61 Å². The second kappa shape index (κ2) is 7.83. The molecular weight excluding hydrogens is 368 g/mol. The zero-order valence-corrected chi connectivity index (χ0v) is 16.2. The Morgan fingerprint density at radius 3 is 2.66 bits per heavy atom. The summed E-state index contributed by atoms with van der Waals surface area (Å²) in [4.78, 5) is 14.4. The van der Waals surface area contributed by atoms with Crippen LogP contribution in [0.15, 0.2) is 48.9 Å². The van der Waals surface area contributed by atoms with Gasteiger partial charge in [-0.15, -0.1) is 10.2 Å². The molecule has 3 aromatic rings. The van der Waals surface area contributed by atoms with Crippen LogP contribution in [0.1, 0.15) is 25.7 Å². The number of likely N-dealkylation sites (tertiary alicyclic amines) is 1. The maximum atomic E-state index is 12.5. The van der Waals surface area contributed by atoms with E-state index in [9.17, 15) is 4.79 Å². The van der Waals surface area contributed by atoms with E-state index >= 15 is 0 Å². The number of piperidine rings is 1. The lowest BCUT2D eigenvalue weighted by Gasteiger charge is -2.33. The Morgan fingerprint density at radius 1 is 1.07 bits per heavy atom. The van der Waals surface area contributed by atoms with Gasteiger partial charge in [-0.3, -0.25) is 9.20 Å². The maximum absolute atomic E-state index is 12.5. The normalized spacial score (nSPS) is 20.3. The van der Waals surface area contributed by atoms with E-state index in [1.165, 1.54) is 0 Å². The van der Waals surface area contributed by atoms with Crippen molar-refractivity contribution in [3.8, 4) is 16.9 Å². The fourth-order valence-electron chi connectivity index (χ4n) is 4.09. The molecule has 0 spiro atoms. The number of carbonyl (C=O) groups is 1. The van der Waals surface area contributed by atoms with Crippen LogP contribution in [0.2, 0.25) is 0 Å². The van der Waals surface area contributed by atoms with E-state index < -0.39 is 0 Å². The van der Waals surface area contributed by atoms with Crippen LogP contribution in [0.3, 0.4) is 0 Å². The summed E-state index contributed by atoms with van der Waals surface area (Å²) < 4.78 is 13.6. The number of pyridine rings is 1. The van der Waals surface area contributed by atoms with Crippen LogP contribution in [-0.2, 0) is 9.53 Å². The van der Waals surface area contributed by atoms with Crippen LogP contribution in [0.4, 0.5) is 0 Å². The van der Waals surface area contributed by atoms with Crippen LogP contribution in [0.25, 0.3) is 16.8 Å². The van der Waals surface area contributed by atoms with Gasteiger partial charge in [-0.05, 0) is 48.2 Å². The average molecular weight is 392 g/mol. The van der Waals surface area contributed by atoms with E-state index in [2.05, 4.69) is 22.3 Å². The molecule has 0 radical (unpaired) electrons. The summed E-state index contributed by atoms with van der Waals surface area (Å²) in [6.45, 7) is 2.18. The number of hydrogen-bond acceptors (Lipinski definition) is 5. The molecule has 1 atom stereocenters. The quantitative estimate of drug-likeness (QED) is 0.683. The highest BCUT2D eigenvalue weighted by molar-refractivity contribution is 5.81. The van der Waals surface area contributed by atoms with Gasteiger partial charge >= 0.3 is 0 Å². The van der Waals surface area contributed by atoms with Gasteiger partial charge in [0.25, 0.3) is 5.91 Å². The molecule has 0 saturated carbocycles. The van der Waals surface area contributed by atoms with Crippen LogP contribution < -0.4 is 4.74 Å². The second-order valence-electron chi connectivity index (χ2n) is 7.68. The number of hydrogen-bond donors (Lipinski definition) is 0. The van der Waals surface area contributed by atoms with Crippen LogP contribution in [0.5, 0.6) is 5.75 Å². The number of amides is 1. The fraction of sp³-hybridized carbons (Fsp3) is 0.409. The van der Waals surface area contributed by atoms with E-state index in [-0.39, 0.29) is 18.1 Å². The molecule has 2 aromatic heterocycles. The molecule has 2 saturated heterocycles. The van der Waals surface area contributed by atoms with Crippen LogP contribution >= 0.6 is 0 Å². The molecule has 150 valence electrons. The lowest BCUT2D eigenvalue weighted by molar-refractivity contribution is -0.142. The minimum absolute atomic E-state index is 0.140. The largest absolute Gasteiger partial charge is 0.490 e. The molecule has 4 heterocycles. The molecule has 0 N–H and O–H groups in total. The number of carbonyl (C=O) groups excluding carboxylic acids is 1. The van der Waals surface area contributed by atoms with Crippen molar-refractivity contribution in [1.29, 1.82) is 0 Å². The molecular formula is C22H24N4O3. The molecule has 0 unspecified atom stereocenters. The first-order valence-electron chi connectivity index (χ1n) is 10.2. The van der Waals surface area contributed by atoms with Gasteiger partial charge in [0, 0.05) is 38.7 Å². The first kappa shape index (κ1) is 18.1. The molecule has 2 aliphatic heterocycles. The van der Waals surface area contributed by atoms with Gasteiger partial charge in [0.2, 0.25) is 0 Å². The van der Waals surface area contributed by atoms with Crippen molar-refractivity contribution in [3.05, 3.63) is 48.9 Å². The van der Waals surface area contributed by atoms with Gasteiger partial charge in [0.15, 0.2) is 5.65 Å². The predicted molar refractivity (Wildman–Crippen MR) is 108 cm³/mol. The summed E-state index contributed by atoms with van der Waals surface area (Å²) in [5.41, 5.74) is 3.03. The first-order valence-corrected chi connectivity index (χ1v) is 10.2. The third-order valence-corrected chi connectivity index (χ3v) is 5.75. The standard InChI is InChI=1S/C22H24N4O3/c27-22(20-2-1-13-28-20)25-11-8-19(9-12-25)29-18-5-3-16(4-6-18)17-7-10-26-15-23-24-21(26)14-17/h3-7,10,14-15,19-20H,1-2,8-9,11-13H2/t20-/m1/s1. The molecule has 7 heteroatoms. The summed E-state index contributed by atoms with van der Waals surface area (Å²) in [6, 6.07) is 12.2. The Kier molecular flexibility index (Phi) is 4.89. The molecule has 7 nitrogen and oxygen atoms in total. The van der Waals surface area contributed by atoms with Crippen LogP contribution in [0, 0.1) is 0 Å². The van der Waals surface area contributed by atoms with Gasteiger partial charge in [0.1, 0.15) is 24.3 Å². The summed E-state index contributed by atoms with van der Waals surface area (Å²) in [7, 11) is 0. The second-order valence-corrected chi connectivity index (χ2v) is 7.68. The lowest BCUT2D eigenvalue weighted by atomic mass is 10.1. The Morgan fingerprint density at radius 2 is 1.90 bits per heavy atom. The number of benzene rings is 1. The fourth-order valence-corrected chi connectivity index (χ4v) is 4.09. The van der Waals surface area contributed by atoms with E-state index in [1.807, 2.05) is 39.8 Å². The van der Waals surface area contributed by atoms with Gasteiger partial charge in [-0.2, -0.15) is 0 Å². The highest BCUT2D eigenvalue weighted by Crippen LogP contribution is 2.26. The zero-order valence-electron chi connectivity index (χ0n) is 16.2. The van der Waals surface area contributed by atoms with E-state index in [1.54, 1.807) is 6.33 Å². The van der Waals surface area contributed by atoms with Crippen molar-refractivity contribution in [1.82, 2.24) is 19.5 Å². The zero-order chi connectivity index (χ0) is 19.6. The van der Waals surface area contributed by atoms with E-state index in [4.69, 9.17) is 9.47 Å². The van der Waals surface area contributed by atoms with Crippen molar-refractivity contribution in [2.24, 2.45) is 0 Å². The van der Waals surface area contributed by atoms with Crippen molar-refractivity contribution in [3.63, 3.8) is 0 Å². The van der Waals surface area contributed by atoms with Crippen molar-refractivity contribution in [2.75, 3.05) is 19.7 Å². The maximum Gasteiger partial charge on any atom is 0.251 e. The van der Waals surface area contributed by atoms with Crippen molar-refractivity contribution < 1.29 is 14.3 Å². The molecule has 2 aliphatic rings. The first-order chi connectivity index (χ1) is 14.3. The molecule has 0 aliphatic carbocycles. The Bertz CT molecular complexity index is 987. The number of fused-ring (bicyclic) bond motifs is 1. The summed E-state index contributed by atoms with van der Waals surface area (Å²) in [5, 5.41) is 8.01. The molecule has 0 bridgehead atoms. The monoisotopic (exact) mass is 392 g/mol. The molecule has 29 heavy (non-hydrogen) atoms. The molecule has 5 rings (SSSR count). The van der Waals surface area contributed by atoms with E-state index in [0.717, 1.165) is 61.3 Å². The molecule has 1 amide bonds. The van der Waals surface area contributed by atoms with Gasteiger partial charge < -0.3 is 14.4 Å². The smallest absolute Gasteiger partial charge is 0.251 e. The summed E-state index contributed by atoms with van der Waals surface area (Å²) >= 11 is 0. The Hall–Kier alpha value is -2.93. The number of aromatic nitrogens is 3. The molecule has 2 fully saturated rings. The van der Waals surface area contributed by atoms with Gasteiger partial charge in [0.05, 0.1) is 0 Å². The number of ether oxygens (including phenoxy) is 2. The highest BCUT2D eigenvalue weighted by Gasteiger charge is 2.31. The Balaban J connectivity index is 1.18. The van der Waals surface area contributed by atoms with Gasteiger partial charge in [-0.25, -0.2) is 0 Å². The lowest BCUT2D eigenvalue weighted by Crippen LogP contribution is -2.45. The van der Waals surface area contributed by atoms with Crippen molar-refractivity contribution in [2.45, 2.75) is 37.9 Å². The minimum atomic E-state index is -0.225. The summed E-state index contributed by atoms with van der Waals surface area (Å²) in [6.07, 6.45) is 7.10. The predicted octanol–water partition coefficient (Wildman–Crippen LogP) is 2.95. The minimum Gasteiger partial charge on any atom is -0.490 e. The topological polar surface area (TPSA) is 69.0 Å². The SMILES string of the molecule is O=C([C@H]1CCCO1)N1CCC(Oc2ccc(-c3ccn4cnnc4c3)cc2)CC1. The number of rotatable bonds is 4. The van der Waals surface area contributed by atoms with Crippen molar-refractivity contribution >= 4 is 11.6 Å². The average Bonchev–Trinajstić information content (AvgIpc) is 3.46. The Labute approximate surface area is 169 Å². The summed E-state index contributed by atoms with van der Waals surface area (Å²) in [5.74, 6) is 1.01. The third kappa shape index (κ3) is 3.82. The van der Waals surface area contributed by atoms with Crippen LogP contribution in [-0.4, -0.2) is 57.3 Å². The highest BCUT2D eigenvalue weighted by atomic mass is 16.5. The molecule has 1 aromatic carbocycles. The third-order valence-electron chi connectivity index (χ3n) is 5.75.